The van der Waals surface area contributed by atoms with Gasteiger partial charge in [-0.1, -0.05) is 29.8 Å². The maximum Gasteiger partial charge on any atom is 0.573 e. The lowest BCUT2D eigenvalue weighted by atomic mass is 10.1. The molecule has 0 aliphatic rings. The first-order valence-corrected chi connectivity index (χ1v) is 11.6. The molecule has 1 heterocycles. The van der Waals surface area contributed by atoms with E-state index in [0.717, 1.165) is 41.2 Å². The second-order valence-electron chi connectivity index (χ2n) is 6.57. The summed E-state index contributed by atoms with van der Waals surface area (Å²) in [6.07, 6.45) is -4.87. The lowest BCUT2D eigenvalue weighted by Gasteiger charge is -2.13. The molecule has 0 radical (unpaired) electrons. The van der Waals surface area contributed by atoms with Crippen molar-refractivity contribution in [2.24, 2.45) is 0 Å². The Balaban J connectivity index is 2.00. The summed E-state index contributed by atoms with van der Waals surface area (Å²) in [6, 6.07) is 11.3. The van der Waals surface area contributed by atoms with Crippen LogP contribution in [0, 0.1) is 6.92 Å². The quantitative estimate of drug-likeness (QED) is 0.441. The number of hydrogen-bond acceptors (Lipinski definition) is 6. The van der Waals surface area contributed by atoms with Gasteiger partial charge >= 0.3 is 12.3 Å². The third-order valence-corrected chi connectivity index (χ3v) is 6.73. The van der Waals surface area contributed by atoms with Crippen molar-refractivity contribution in [2.75, 3.05) is 11.3 Å². The molecule has 0 saturated carbocycles. The summed E-state index contributed by atoms with van der Waals surface area (Å²) in [5, 5.41) is 1.55. The zero-order valence-corrected chi connectivity index (χ0v) is 18.5. The lowest BCUT2D eigenvalue weighted by molar-refractivity contribution is -0.274. The Hall–Kier alpha value is -3.05. The van der Waals surface area contributed by atoms with Gasteiger partial charge in [0.15, 0.2) is 0 Å². The number of carbonyl (C=O) groups excluding carboxylic acids is 1. The number of carbonyl (C=O) groups is 1. The van der Waals surface area contributed by atoms with Gasteiger partial charge in [-0.3, -0.25) is 4.72 Å². The van der Waals surface area contributed by atoms with E-state index < -0.39 is 28.1 Å². The molecule has 6 nitrogen and oxygen atoms in total. The van der Waals surface area contributed by atoms with Crippen LogP contribution in [0.4, 0.5) is 18.9 Å². The number of hydrogen-bond donors (Lipinski definition) is 1. The van der Waals surface area contributed by atoms with Gasteiger partial charge in [0.05, 0.1) is 6.61 Å². The van der Waals surface area contributed by atoms with E-state index in [1.807, 2.05) is 6.92 Å². The highest BCUT2D eigenvalue weighted by Gasteiger charge is 2.32. The van der Waals surface area contributed by atoms with Crippen molar-refractivity contribution in [1.82, 2.24) is 0 Å². The number of anilines is 1. The Kier molecular flexibility index (Phi) is 6.79. The Morgan fingerprint density at radius 2 is 1.69 bits per heavy atom. The molecule has 0 aliphatic heterocycles. The van der Waals surface area contributed by atoms with Crippen LogP contribution in [0.15, 0.2) is 58.8 Å². The maximum absolute atomic E-state index is 13.2. The first kappa shape index (κ1) is 23.6. The normalized spacial score (nSPS) is 11.8. The third kappa shape index (κ3) is 5.60. The smallest absolute Gasteiger partial charge is 0.462 e. The fourth-order valence-electron chi connectivity index (χ4n) is 2.81. The summed E-state index contributed by atoms with van der Waals surface area (Å²) in [5.41, 5.74) is 1.85. The standard InChI is InChI=1S/C21H18F3NO5S2/c1-3-29-20(26)18-19(17(12-31-18)14-6-4-13(2)5-7-14)32(27,28)25-15-8-10-16(11-9-15)30-21(22,23)24/h4-12,25H,3H2,1-2H3. The van der Waals surface area contributed by atoms with Gasteiger partial charge < -0.3 is 9.47 Å². The summed E-state index contributed by atoms with van der Waals surface area (Å²) >= 11 is 0.931. The van der Waals surface area contributed by atoms with E-state index in [4.69, 9.17) is 4.74 Å². The summed E-state index contributed by atoms with van der Waals surface area (Å²) in [6.45, 7) is 3.54. The molecule has 0 aliphatic carbocycles. The van der Waals surface area contributed by atoms with Gasteiger partial charge in [-0.15, -0.1) is 24.5 Å². The summed E-state index contributed by atoms with van der Waals surface area (Å²) in [5.74, 6) is -1.28. The summed E-state index contributed by atoms with van der Waals surface area (Å²) in [4.78, 5) is 12.0. The van der Waals surface area contributed by atoms with Gasteiger partial charge in [0.25, 0.3) is 10.0 Å². The topological polar surface area (TPSA) is 81.7 Å². The molecule has 170 valence electrons. The third-order valence-electron chi connectivity index (χ3n) is 4.18. The Morgan fingerprint density at radius 1 is 1.06 bits per heavy atom. The average Bonchev–Trinajstić information content (AvgIpc) is 3.15. The average molecular weight is 486 g/mol. The predicted molar refractivity (Wildman–Crippen MR) is 114 cm³/mol. The first-order valence-electron chi connectivity index (χ1n) is 9.24. The highest BCUT2D eigenvalue weighted by Crippen LogP contribution is 2.37. The maximum atomic E-state index is 13.2. The van der Waals surface area contributed by atoms with Gasteiger partial charge in [0.2, 0.25) is 0 Å². The Bertz CT molecular complexity index is 1200. The molecule has 0 bridgehead atoms. The van der Waals surface area contributed by atoms with Crippen LogP contribution in [0.5, 0.6) is 5.75 Å². The fraction of sp³-hybridized carbons (Fsp3) is 0.190. The highest BCUT2D eigenvalue weighted by atomic mass is 32.2. The second-order valence-corrected chi connectivity index (χ2v) is 9.07. The van der Waals surface area contributed by atoms with Crippen LogP contribution in [-0.2, 0) is 14.8 Å². The second kappa shape index (κ2) is 9.21. The minimum atomic E-state index is -4.87. The predicted octanol–water partition coefficient (Wildman–Crippen LogP) is 5.60. The number of halogens is 3. The van der Waals surface area contributed by atoms with Crippen LogP contribution in [0.3, 0.4) is 0 Å². The fourth-order valence-corrected chi connectivity index (χ4v) is 5.57. The van der Waals surface area contributed by atoms with Crippen molar-refractivity contribution in [3.8, 4) is 16.9 Å². The number of sulfonamides is 1. The summed E-state index contributed by atoms with van der Waals surface area (Å²) in [7, 11) is -4.30. The molecule has 0 unspecified atom stereocenters. The number of ether oxygens (including phenoxy) is 2. The number of thiophene rings is 1. The van der Waals surface area contributed by atoms with Crippen molar-refractivity contribution in [3.63, 3.8) is 0 Å². The van der Waals surface area contributed by atoms with Crippen LogP contribution in [0.25, 0.3) is 11.1 Å². The van der Waals surface area contributed by atoms with Gasteiger partial charge in [0, 0.05) is 16.6 Å². The van der Waals surface area contributed by atoms with E-state index in [0.29, 0.717) is 11.1 Å². The molecule has 0 amide bonds. The number of aryl methyl sites for hydroxylation is 1. The minimum absolute atomic E-state index is 0.00427. The number of alkyl halides is 3. The molecule has 11 heteroatoms. The van der Waals surface area contributed by atoms with Crippen molar-refractivity contribution < 1.29 is 35.9 Å². The van der Waals surface area contributed by atoms with Crippen LogP contribution in [-0.4, -0.2) is 27.4 Å². The van der Waals surface area contributed by atoms with Gasteiger partial charge in [-0.2, -0.15) is 0 Å². The van der Waals surface area contributed by atoms with E-state index in [1.54, 1.807) is 36.6 Å². The molecule has 1 N–H and O–H groups in total. The molecule has 2 aromatic carbocycles. The Labute approximate surface area is 186 Å². The number of rotatable bonds is 7. The molecule has 0 saturated heterocycles. The monoisotopic (exact) mass is 485 g/mol. The van der Waals surface area contributed by atoms with E-state index in [-0.39, 0.29) is 22.1 Å². The first-order chi connectivity index (χ1) is 15.0. The van der Waals surface area contributed by atoms with Gasteiger partial charge in [-0.25, -0.2) is 13.2 Å². The molecular formula is C21H18F3NO5S2. The minimum Gasteiger partial charge on any atom is -0.462 e. The van der Waals surface area contributed by atoms with Crippen molar-refractivity contribution in [1.29, 1.82) is 0 Å². The SMILES string of the molecule is CCOC(=O)c1scc(-c2ccc(C)cc2)c1S(=O)(=O)Nc1ccc(OC(F)(F)F)cc1. The van der Waals surface area contributed by atoms with Crippen molar-refractivity contribution in [3.05, 3.63) is 64.4 Å². The molecule has 0 spiro atoms. The van der Waals surface area contributed by atoms with E-state index >= 15 is 0 Å². The van der Waals surface area contributed by atoms with Crippen LogP contribution >= 0.6 is 11.3 Å². The number of nitrogens with one attached hydrogen (secondary N) is 1. The largest absolute Gasteiger partial charge is 0.573 e. The van der Waals surface area contributed by atoms with Gasteiger partial charge in [-0.05, 0) is 43.7 Å². The van der Waals surface area contributed by atoms with E-state index in [9.17, 15) is 26.4 Å². The molecule has 32 heavy (non-hydrogen) atoms. The highest BCUT2D eigenvalue weighted by molar-refractivity contribution is 7.93. The van der Waals surface area contributed by atoms with Crippen molar-refractivity contribution in [2.45, 2.75) is 25.1 Å². The zero-order chi connectivity index (χ0) is 23.5. The zero-order valence-electron chi connectivity index (χ0n) is 16.9. The van der Waals surface area contributed by atoms with E-state index in [1.165, 1.54) is 0 Å². The molecule has 0 fully saturated rings. The number of benzene rings is 2. The van der Waals surface area contributed by atoms with E-state index in [2.05, 4.69) is 9.46 Å². The Morgan fingerprint density at radius 3 is 2.25 bits per heavy atom. The van der Waals surface area contributed by atoms with Crippen LogP contribution in [0.1, 0.15) is 22.2 Å². The summed E-state index contributed by atoms with van der Waals surface area (Å²) < 4.78 is 74.6. The molecular weight excluding hydrogens is 467 g/mol. The molecule has 3 rings (SSSR count). The molecule has 1 aromatic heterocycles. The van der Waals surface area contributed by atoms with Gasteiger partial charge in [0.1, 0.15) is 15.5 Å². The number of esters is 1. The lowest BCUT2D eigenvalue weighted by Crippen LogP contribution is -2.18. The molecule has 0 atom stereocenters. The van der Waals surface area contributed by atoms with Crippen molar-refractivity contribution >= 4 is 33.0 Å². The van der Waals surface area contributed by atoms with Crippen LogP contribution in [0.2, 0.25) is 0 Å². The molecule has 3 aromatic rings. The van der Waals surface area contributed by atoms with Crippen LogP contribution < -0.4 is 9.46 Å².